The molecule has 0 aromatic heterocycles. The van der Waals surface area contributed by atoms with E-state index in [1.54, 1.807) is 0 Å². The van der Waals surface area contributed by atoms with E-state index in [4.69, 9.17) is 4.74 Å². The number of hydrogen-bond acceptors (Lipinski definition) is 1. The van der Waals surface area contributed by atoms with Crippen LogP contribution in [0.1, 0.15) is 13.8 Å². The molecule has 0 saturated carbocycles. The minimum absolute atomic E-state index is 0.640. The predicted octanol–water partition coefficient (Wildman–Crippen LogP) is 4.18. The van der Waals surface area contributed by atoms with Gasteiger partial charge in [0.1, 0.15) is 12.4 Å². The lowest BCUT2D eigenvalue weighted by molar-refractivity contribution is 0.362. The summed E-state index contributed by atoms with van der Waals surface area (Å²) in [7, 11) is 0. The summed E-state index contributed by atoms with van der Waals surface area (Å²) >= 11 is 0. The Morgan fingerprint density at radius 3 is 2.56 bits per heavy atom. The third kappa shape index (κ3) is 2.63. The van der Waals surface area contributed by atoms with Crippen LogP contribution in [-0.2, 0) is 0 Å². The molecule has 0 radical (unpaired) electrons. The Balaban J connectivity index is 2.16. The molecule has 2 aromatic carbocycles. The summed E-state index contributed by atoms with van der Waals surface area (Å²) < 4.78 is 5.65. The molecule has 0 N–H and O–H groups in total. The highest BCUT2D eigenvalue weighted by Crippen LogP contribution is 2.20. The van der Waals surface area contributed by atoms with Crippen molar-refractivity contribution in [1.29, 1.82) is 0 Å². The first-order chi connectivity index (χ1) is 7.75. The first-order valence-electron chi connectivity index (χ1n) is 5.51. The molecule has 0 aliphatic heterocycles. The van der Waals surface area contributed by atoms with E-state index in [1.165, 1.54) is 16.3 Å². The van der Waals surface area contributed by atoms with Gasteiger partial charge < -0.3 is 4.74 Å². The van der Waals surface area contributed by atoms with E-state index in [2.05, 4.69) is 44.2 Å². The van der Waals surface area contributed by atoms with Gasteiger partial charge in [-0.2, -0.15) is 0 Å². The fourth-order valence-electron chi connectivity index (χ4n) is 1.56. The van der Waals surface area contributed by atoms with Crippen LogP contribution in [-0.4, -0.2) is 6.61 Å². The molecule has 16 heavy (non-hydrogen) atoms. The van der Waals surface area contributed by atoms with Gasteiger partial charge in [-0.25, -0.2) is 0 Å². The van der Waals surface area contributed by atoms with Gasteiger partial charge in [0.15, 0.2) is 0 Å². The molecule has 0 atom stereocenters. The molecule has 1 nitrogen and oxygen atoms in total. The first-order valence-corrected chi connectivity index (χ1v) is 5.51. The second-order valence-electron chi connectivity index (χ2n) is 4.10. The highest BCUT2D eigenvalue weighted by molar-refractivity contribution is 5.83. The molecule has 0 aliphatic rings. The van der Waals surface area contributed by atoms with Crippen LogP contribution in [0, 0.1) is 0 Å². The molecule has 0 heterocycles. The van der Waals surface area contributed by atoms with Crippen molar-refractivity contribution in [3.05, 3.63) is 54.1 Å². The summed E-state index contributed by atoms with van der Waals surface area (Å²) in [6, 6.07) is 14.5. The normalized spacial score (nSPS) is 10.1. The fourth-order valence-corrected chi connectivity index (χ4v) is 1.56. The van der Waals surface area contributed by atoms with Gasteiger partial charge in [0, 0.05) is 0 Å². The average Bonchev–Trinajstić information content (AvgIpc) is 2.28. The van der Waals surface area contributed by atoms with Crippen molar-refractivity contribution in [1.82, 2.24) is 0 Å². The third-order valence-electron chi connectivity index (χ3n) is 2.46. The van der Waals surface area contributed by atoms with Crippen molar-refractivity contribution in [3.8, 4) is 5.75 Å². The van der Waals surface area contributed by atoms with Crippen LogP contribution in [0.2, 0.25) is 0 Å². The van der Waals surface area contributed by atoms with Crippen LogP contribution in [0.5, 0.6) is 5.75 Å². The summed E-state index contributed by atoms with van der Waals surface area (Å²) in [5, 5.41) is 2.47. The van der Waals surface area contributed by atoms with Gasteiger partial charge in [-0.15, -0.1) is 0 Å². The monoisotopic (exact) mass is 212 g/mol. The second-order valence-corrected chi connectivity index (χ2v) is 4.10. The zero-order valence-corrected chi connectivity index (χ0v) is 9.73. The topological polar surface area (TPSA) is 9.23 Å². The largest absolute Gasteiger partial charge is 0.490 e. The molecule has 1 heteroatoms. The first kappa shape index (κ1) is 10.7. The maximum Gasteiger partial charge on any atom is 0.120 e. The van der Waals surface area contributed by atoms with Crippen LogP contribution >= 0.6 is 0 Å². The standard InChI is InChI=1S/C15H16O/c1-12(2)9-10-16-15-8-7-13-5-3-4-6-14(13)11-15/h3-9,11H,10H2,1-2H3. The minimum atomic E-state index is 0.640. The summed E-state index contributed by atoms with van der Waals surface area (Å²) in [6.07, 6.45) is 2.08. The van der Waals surface area contributed by atoms with Gasteiger partial charge in [-0.05, 0) is 42.8 Å². The molecule has 0 unspecified atom stereocenters. The third-order valence-corrected chi connectivity index (χ3v) is 2.46. The molecule has 82 valence electrons. The van der Waals surface area contributed by atoms with Crippen LogP contribution in [0.15, 0.2) is 54.1 Å². The number of allylic oxidation sites excluding steroid dienone is 1. The maximum atomic E-state index is 5.65. The molecule has 0 saturated heterocycles. The zero-order valence-electron chi connectivity index (χ0n) is 9.73. The Morgan fingerprint density at radius 1 is 1.06 bits per heavy atom. The zero-order chi connectivity index (χ0) is 11.4. The van der Waals surface area contributed by atoms with Crippen LogP contribution in [0.3, 0.4) is 0 Å². The highest BCUT2D eigenvalue weighted by atomic mass is 16.5. The van der Waals surface area contributed by atoms with E-state index < -0.39 is 0 Å². The van der Waals surface area contributed by atoms with E-state index >= 15 is 0 Å². The summed E-state index contributed by atoms with van der Waals surface area (Å²) in [4.78, 5) is 0. The Hall–Kier alpha value is -1.76. The number of hydrogen-bond donors (Lipinski definition) is 0. The van der Waals surface area contributed by atoms with E-state index in [0.717, 1.165) is 5.75 Å². The number of ether oxygens (including phenoxy) is 1. The second kappa shape index (κ2) is 4.84. The van der Waals surface area contributed by atoms with Gasteiger partial charge in [0.25, 0.3) is 0 Å². The van der Waals surface area contributed by atoms with E-state index in [9.17, 15) is 0 Å². The van der Waals surface area contributed by atoms with Crippen LogP contribution in [0.4, 0.5) is 0 Å². The summed E-state index contributed by atoms with van der Waals surface area (Å²) in [5.74, 6) is 0.927. The molecule has 0 amide bonds. The van der Waals surface area contributed by atoms with Gasteiger partial charge >= 0.3 is 0 Å². The molecular formula is C15H16O. The smallest absolute Gasteiger partial charge is 0.120 e. The molecule has 0 aliphatic carbocycles. The molecule has 0 fully saturated rings. The van der Waals surface area contributed by atoms with Crippen molar-refractivity contribution in [2.24, 2.45) is 0 Å². The summed E-state index contributed by atoms with van der Waals surface area (Å²) in [5.41, 5.74) is 1.28. The van der Waals surface area contributed by atoms with Crippen molar-refractivity contribution in [2.75, 3.05) is 6.61 Å². The van der Waals surface area contributed by atoms with Crippen molar-refractivity contribution in [3.63, 3.8) is 0 Å². The van der Waals surface area contributed by atoms with Gasteiger partial charge in [-0.3, -0.25) is 0 Å². The SMILES string of the molecule is CC(C)=CCOc1ccc2ccccc2c1. The van der Waals surface area contributed by atoms with Gasteiger partial charge in [0.2, 0.25) is 0 Å². The van der Waals surface area contributed by atoms with Crippen molar-refractivity contribution < 1.29 is 4.74 Å². The Kier molecular flexibility index (Phi) is 3.25. The van der Waals surface area contributed by atoms with Crippen molar-refractivity contribution >= 4 is 10.8 Å². The lowest BCUT2D eigenvalue weighted by Gasteiger charge is -2.05. The van der Waals surface area contributed by atoms with Gasteiger partial charge in [-0.1, -0.05) is 35.9 Å². The fraction of sp³-hybridized carbons (Fsp3) is 0.200. The minimum Gasteiger partial charge on any atom is -0.490 e. The highest BCUT2D eigenvalue weighted by Gasteiger charge is 1.95. The van der Waals surface area contributed by atoms with Gasteiger partial charge in [0.05, 0.1) is 0 Å². The molecule has 0 spiro atoms. The molecular weight excluding hydrogens is 196 g/mol. The average molecular weight is 212 g/mol. The van der Waals surface area contributed by atoms with E-state index in [-0.39, 0.29) is 0 Å². The van der Waals surface area contributed by atoms with Crippen LogP contribution < -0.4 is 4.74 Å². The Morgan fingerprint density at radius 2 is 1.81 bits per heavy atom. The number of rotatable bonds is 3. The summed E-state index contributed by atoms with van der Waals surface area (Å²) in [6.45, 7) is 4.79. The Labute approximate surface area is 96.4 Å². The van der Waals surface area contributed by atoms with Crippen LogP contribution in [0.25, 0.3) is 10.8 Å². The lowest BCUT2D eigenvalue weighted by Crippen LogP contribution is -1.93. The number of fused-ring (bicyclic) bond motifs is 1. The quantitative estimate of drug-likeness (QED) is 0.693. The van der Waals surface area contributed by atoms with Crippen molar-refractivity contribution in [2.45, 2.75) is 13.8 Å². The molecule has 0 bridgehead atoms. The lowest BCUT2D eigenvalue weighted by atomic mass is 10.1. The predicted molar refractivity (Wildman–Crippen MR) is 68.9 cm³/mol. The molecule has 2 aromatic rings. The molecule has 2 rings (SSSR count). The van der Waals surface area contributed by atoms with E-state index in [1.807, 2.05) is 18.2 Å². The van der Waals surface area contributed by atoms with E-state index in [0.29, 0.717) is 6.61 Å². The Bertz CT molecular complexity index is 508. The number of benzene rings is 2. The maximum absolute atomic E-state index is 5.65.